The van der Waals surface area contributed by atoms with Crippen molar-refractivity contribution in [1.29, 1.82) is 0 Å². The molecule has 0 aliphatic heterocycles. The van der Waals surface area contributed by atoms with Crippen LogP contribution in [0.3, 0.4) is 0 Å². The Morgan fingerprint density at radius 3 is 2.43 bits per heavy atom. The predicted molar refractivity (Wildman–Crippen MR) is 35.9 cm³/mol. The summed E-state index contributed by atoms with van der Waals surface area (Å²) in [6.45, 7) is 4.59. The van der Waals surface area contributed by atoms with E-state index in [0.29, 0.717) is 0 Å². The van der Waals surface area contributed by atoms with Crippen molar-refractivity contribution in [2.45, 2.75) is 36.6 Å². The van der Waals surface area contributed by atoms with E-state index >= 15 is 0 Å². The molecule has 0 rings (SSSR count). The zero-order chi connectivity index (χ0) is 5.54. The predicted octanol–water partition coefficient (Wildman–Crippen LogP) is 2.35. The van der Waals surface area contributed by atoms with E-state index in [0.717, 1.165) is 0 Å². The molecule has 0 bridgehead atoms. The zero-order valence-electron chi connectivity index (χ0n) is 5.41. The monoisotopic (exact) mass is 155 g/mol. The Morgan fingerprint density at radius 1 is 1.29 bits per heavy atom. The fraction of sp³-hybridized carbons (Fsp3) is 1.00. The number of rotatable bonds is 4. The van der Waals surface area contributed by atoms with Crippen LogP contribution in [0.15, 0.2) is 0 Å². The number of hydrogen-bond acceptors (Lipinski definition) is 0. The fourth-order valence-corrected chi connectivity index (χ4v) is 2.87. The molecule has 0 atom stereocenters. The molecule has 0 aromatic heterocycles. The molecule has 1 heteroatoms. The molecule has 41 valence electrons. The average Bonchev–Trinajstić information content (AvgIpc) is 1.69. The summed E-state index contributed by atoms with van der Waals surface area (Å²) >= 11 is 0.284. The van der Waals surface area contributed by atoms with Gasteiger partial charge in [-0.1, -0.05) is 0 Å². The Kier molecular flexibility index (Phi) is 7.24. The number of unbranched alkanes of at least 4 members (excludes halogenated alkanes) is 1. The van der Waals surface area contributed by atoms with Crippen LogP contribution in [0.25, 0.3) is 0 Å². The van der Waals surface area contributed by atoms with Crippen molar-refractivity contribution in [2.75, 3.05) is 0 Å². The SMILES string of the molecule is CCC[CH2][Ga][CH2]C. The quantitative estimate of drug-likeness (QED) is 0.432. The van der Waals surface area contributed by atoms with Crippen LogP contribution in [0.4, 0.5) is 0 Å². The molecule has 0 saturated heterocycles. The topological polar surface area (TPSA) is 0 Å². The molecule has 0 saturated carbocycles. The first-order valence-corrected chi connectivity index (χ1v) is 6.66. The van der Waals surface area contributed by atoms with Crippen LogP contribution in [0, 0.1) is 0 Å². The summed E-state index contributed by atoms with van der Waals surface area (Å²) in [5.41, 5.74) is 0. The molecule has 0 fully saturated rings. The average molecular weight is 156 g/mol. The first-order valence-electron chi connectivity index (χ1n) is 3.23. The van der Waals surface area contributed by atoms with Crippen molar-refractivity contribution >= 4 is 17.4 Å². The van der Waals surface area contributed by atoms with E-state index in [-0.39, 0.29) is 17.4 Å². The minimum absolute atomic E-state index is 0.284. The summed E-state index contributed by atoms with van der Waals surface area (Å²) < 4.78 is 0. The molecule has 0 N–H and O–H groups in total. The summed E-state index contributed by atoms with van der Waals surface area (Å²) in [5.74, 6) is 0. The third-order valence-electron chi connectivity index (χ3n) is 1.05. The van der Waals surface area contributed by atoms with Crippen LogP contribution in [0.5, 0.6) is 0 Å². The molecule has 1 radical (unpaired) electrons. The van der Waals surface area contributed by atoms with Gasteiger partial charge in [-0.2, -0.15) is 0 Å². The summed E-state index contributed by atoms with van der Waals surface area (Å²) in [4.78, 5) is 3.11. The molecular weight excluding hydrogens is 142 g/mol. The van der Waals surface area contributed by atoms with Gasteiger partial charge in [-0.05, 0) is 0 Å². The third-order valence-corrected chi connectivity index (χ3v) is 3.97. The van der Waals surface area contributed by atoms with Crippen molar-refractivity contribution < 1.29 is 0 Å². The van der Waals surface area contributed by atoms with Gasteiger partial charge in [-0.3, -0.25) is 0 Å². The van der Waals surface area contributed by atoms with Crippen molar-refractivity contribution in [1.82, 2.24) is 0 Å². The molecule has 0 amide bonds. The van der Waals surface area contributed by atoms with Gasteiger partial charge < -0.3 is 0 Å². The summed E-state index contributed by atoms with van der Waals surface area (Å²) in [6, 6.07) is 0. The Hall–Kier alpha value is 0.636. The van der Waals surface area contributed by atoms with Gasteiger partial charge in [-0.25, -0.2) is 0 Å². The second-order valence-electron chi connectivity index (χ2n) is 1.84. The summed E-state index contributed by atoms with van der Waals surface area (Å²) in [6.07, 6.45) is 2.89. The molecule has 0 nitrogen and oxygen atoms in total. The Labute approximate surface area is 54.5 Å². The molecular formula is C6H14Ga. The van der Waals surface area contributed by atoms with Gasteiger partial charge in [0.05, 0.1) is 0 Å². The molecule has 0 aliphatic carbocycles. The van der Waals surface area contributed by atoms with E-state index in [4.69, 9.17) is 0 Å². The van der Waals surface area contributed by atoms with Crippen molar-refractivity contribution in [2.24, 2.45) is 0 Å². The second-order valence-corrected chi connectivity index (χ2v) is 5.97. The Balaban J connectivity index is 2.45. The summed E-state index contributed by atoms with van der Waals surface area (Å²) in [5, 5.41) is 0. The van der Waals surface area contributed by atoms with Gasteiger partial charge in [0.25, 0.3) is 0 Å². The standard InChI is InChI=1S/C4H9.C2H5.Ga/c1-3-4-2;1-2;/h1,3-4H2,2H3;1H2,2H3;. The van der Waals surface area contributed by atoms with Gasteiger partial charge in [-0.15, -0.1) is 0 Å². The van der Waals surface area contributed by atoms with Gasteiger partial charge >= 0.3 is 54.0 Å². The van der Waals surface area contributed by atoms with Crippen LogP contribution in [-0.2, 0) is 0 Å². The van der Waals surface area contributed by atoms with Gasteiger partial charge in [0.15, 0.2) is 0 Å². The van der Waals surface area contributed by atoms with Crippen LogP contribution in [0.1, 0.15) is 26.7 Å². The maximum atomic E-state index is 2.32. The van der Waals surface area contributed by atoms with Crippen LogP contribution >= 0.6 is 0 Å². The molecule has 0 aliphatic rings. The Morgan fingerprint density at radius 2 is 2.00 bits per heavy atom. The zero-order valence-corrected chi connectivity index (χ0v) is 7.83. The van der Waals surface area contributed by atoms with E-state index in [1.807, 2.05) is 0 Å². The second kappa shape index (κ2) is 6.64. The first kappa shape index (κ1) is 7.64. The van der Waals surface area contributed by atoms with Crippen LogP contribution in [0.2, 0.25) is 9.95 Å². The molecule has 7 heavy (non-hydrogen) atoms. The minimum atomic E-state index is 0.284. The van der Waals surface area contributed by atoms with Gasteiger partial charge in [0.2, 0.25) is 0 Å². The van der Waals surface area contributed by atoms with Crippen molar-refractivity contribution in [3.63, 3.8) is 0 Å². The third kappa shape index (κ3) is 6.64. The van der Waals surface area contributed by atoms with E-state index in [1.165, 1.54) is 17.8 Å². The van der Waals surface area contributed by atoms with Crippen molar-refractivity contribution in [3.05, 3.63) is 0 Å². The van der Waals surface area contributed by atoms with Gasteiger partial charge in [0.1, 0.15) is 0 Å². The maximum absolute atomic E-state index is 2.32. The molecule has 0 aromatic carbocycles. The Bertz CT molecular complexity index is 23.4. The molecule has 0 spiro atoms. The van der Waals surface area contributed by atoms with Gasteiger partial charge in [0, 0.05) is 0 Å². The number of hydrogen-bond donors (Lipinski definition) is 0. The first-order chi connectivity index (χ1) is 3.41. The van der Waals surface area contributed by atoms with Crippen molar-refractivity contribution in [3.8, 4) is 0 Å². The van der Waals surface area contributed by atoms with E-state index in [9.17, 15) is 0 Å². The van der Waals surface area contributed by atoms with E-state index < -0.39 is 0 Å². The molecule has 0 aromatic rings. The van der Waals surface area contributed by atoms with E-state index in [1.54, 1.807) is 4.98 Å². The van der Waals surface area contributed by atoms with E-state index in [2.05, 4.69) is 13.8 Å². The van der Waals surface area contributed by atoms with Crippen LogP contribution < -0.4 is 0 Å². The van der Waals surface area contributed by atoms with Crippen LogP contribution in [-0.4, -0.2) is 17.4 Å². The summed E-state index contributed by atoms with van der Waals surface area (Å²) in [7, 11) is 0. The molecule has 0 unspecified atom stereocenters. The fourth-order valence-electron chi connectivity index (χ4n) is 0.553. The molecule has 0 heterocycles. The normalized spacial score (nSPS) is 8.86.